The molecule has 8 heteroatoms. The van der Waals surface area contributed by atoms with E-state index in [0.717, 1.165) is 4.90 Å². The molecule has 8 nitrogen and oxygen atoms in total. The molecule has 106 valence electrons. The summed E-state index contributed by atoms with van der Waals surface area (Å²) in [7, 11) is 0. The number of hydrogen-bond donors (Lipinski definition) is 2. The molecular formula is C12H12N2O6. The average molecular weight is 280 g/mol. The molecule has 1 aromatic carbocycles. The predicted molar refractivity (Wildman–Crippen MR) is 65.3 cm³/mol. The number of carbonyl (C=O) groups is 3. The van der Waals surface area contributed by atoms with Gasteiger partial charge in [0.15, 0.2) is 11.5 Å². The number of ether oxygens (including phenoxy) is 2. The molecule has 20 heavy (non-hydrogen) atoms. The van der Waals surface area contributed by atoms with Gasteiger partial charge in [0, 0.05) is 5.56 Å². The van der Waals surface area contributed by atoms with E-state index >= 15 is 0 Å². The van der Waals surface area contributed by atoms with Gasteiger partial charge in [-0.15, -0.1) is 0 Å². The maximum absolute atomic E-state index is 12.2. The Bertz CT molecular complexity index is 555. The van der Waals surface area contributed by atoms with E-state index in [1.807, 2.05) is 0 Å². The lowest BCUT2D eigenvalue weighted by molar-refractivity contribution is -0.138. The Labute approximate surface area is 113 Å². The van der Waals surface area contributed by atoms with E-state index in [-0.39, 0.29) is 12.4 Å². The summed E-state index contributed by atoms with van der Waals surface area (Å²) in [6, 6.07) is 4.44. The van der Waals surface area contributed by atoms with Gasteiger partial charge in [-0.2, -0.15) is 0 Å². The van der Waals surface area contributed by atoms with Crippen LogP contribution in [0.1, 0.15) is 10.4 Å². The van der Waals surface area contributed by atoms with E-state index in [2.05, 4.69) is 0 Å². The third kappa shape index (κ3) is 2.97. The molecule has 0 aromatic heterocycles. The second-order valence-corrected chi connectivity index (χ2v) is 4.09. The minimum atomic E-state index is -1.24. The number of nitrogens with two attached hydrogens (primary N) is 1. The number of amides is 2. The first-order valence-corrected chi connectivity index (χ1v) is 5.66. The van der Waals surface area contributed by atoms with Crippen LogP contribution in [0.15, 0.2) is 18.2 Å². The van der Waals surface area contributed by atoms with E-state index in [4.69, 9.17) is 20.3 Å². The van der Waals surface area contributed by atoms with Crippen LogP contribution in [0.4, 0.5) is 0 Å². The van der Waals surface area contributed by atoms with Crippen LogP contribution in [0, 0.1) is 0 Å². The van der Waals surface area contributed by atoms with Crippen molar-refractivity contribution in [3.8, 4) is 11.5 Å². The fourth-order valence-electron chi connectivity index (χ4n) is 1.76. The Morgan fingerprint density at radius 3 is 2.55 bits per heavy atom. The van der Waals surface area contributed by atoms with Crippen LogP contribution in [-0.4, -0.2) is 47.7 Å². The predicted octanol–water partition coefficient (Wildman–Crippen LogP) is -0.573. The first kappa shape index (κ1) is 13.7. The molecule has 0 bridgehead atoms. The van der Waals surface area contributed by atoms with Crippen LogP contribution in [0.3, 0.4) is 0 Å². The number of carboxylic acid groups (broad SMARTS) is 1. The molecule has 1 heterocycles. The molecule has 0 aliphatic carbocycles. The molecule has 0 atom stereocenters. The monoisotopic (exact) mass is 280 g/mol. The number of aliphatic carboxylic acids is 1. The number of carboxylic acids is 1. The summed E-state index contributed by atoms with van der Waals surface area (Å²) < 4.78 is 10.2. The lowest BCUT2D eigenvalue weighted by atomic mass is 10.1. The summed E-state index contributed by atoms with van der Waals surface area (Å²) in [5, 5.41) is 8.76. The highest BCUT2D eigenvalue weighted by Crippen LogP contribution is 2.32. The number of carbonyl (C=O) groups excluding carboxylic acids is 2. The first-order chi connectivity index (χ1) is 9.47. The largest absolute Gasteiger partial charge is 0.480 e. The number of benzene rings is 1. The van der Waals surface area contributed by atoms with Gasteiger partial charge in [-0.3, -0.25) is 14.4 Å². The third-order valence-electron chi connectivity index (χ3n) is 2.58. The van der Waals surface area contributed by atoms with Crippen LogP contribution in [0.5, 0.6) is 11.5 Å². The van der Waals surface area contributed by atoms with Crippen molar-refractivity contribution in [3.05, 3.63) is 23.8 Å². The highest BCUT2D eigenvalue weighted by Gasteiger charge is 2.23. The number of nitrogens with zero attached hydrogens (tertiary/aromatic N) is 1. The highest BCUT2D eigenvalue weighted by molar-refractivity contribution is 5.98. The molecular weight excluding hydrogens is 268 g/mol. The van der Waals surface area contributed by atoms with Crippen molar-refractivity contribution < 1.29 is 29.0 Å². The molecule has 1 aliphatic heterocycles. The van der Waals surface area contributed by atoms with Crippen molar-refractivity contribution in [1.29, 1.82) is 0 Å². The van der Waals surface area contributed by atoms with Gasteiger partial charge in [-0.1, -0.05) is 0 Å². The molecule has 0 fully saturated rings. The Balaban J connectivity index is 2.22. The van der Waals surface area contributed by atoms with Gasteiger partial charge < -0.3 is 25.2 Å². The lowest BCUT2D eigenvalue weighted by Crippen LogP contribution is -2.41. The van der Waals surface area contributed by atoms with Gasteiger partial charge in [0.25, 0.3) is 5.91 Å². The minimum absolute atomic E-state index is 0.0626. The summed E-state index contributed by atoms with van der Waals surface area (Å²) in [4.78, 5) is 34.7. The van der Waals surface area contributed by atoms with Crippen molar-refractivity contribution >= 4 is 17.8 Å². The minimum Gasteiger partial charge on any atom is -0.480 e. The quantitative estimate of drug-likeness (QED) is 0.745. The maximum atomic E-state index is 12.2. The summed E-state index contributed by atoms with van der Waals surface area (Å²) in [6.45, 7) is -1.02. The van der Waals surface area contributed by atoms with Gasteiger partial charge in [-0.25, -0.2) is 0 Å². The second kappa shape index (κ2) is 5.47. The Morgan fingerprint density at radius 1 is 1.20 bits per heavy atom. The van der Waals surface area contributed by atoms with Crippen molar-refractivity contribution in [3.63, 3.8) is 0 Å². The van der Waals surface area contributed by atoms with Crippen molar-refractivity contribution in [1.82, 2.24) is 4.90 Å². The molecule has 1 aromatic rings. The fraction of sp³-hybridized carbons (Fsp3) is 0.250. The van der Waals surface area contributed by atoms with E-state index in [1.165, 1.54) is 12.1 Å². The van der Waals surface area contributed by atoms with Crippen molar-refractivity contribution in [2.24, 2.45) is 5.73 Å². The highest BCUT2D eigenvalue weighted by atomic mass is 16.7. The zero-order chi connectivity index (χ0) is 14.7. The summed E-state index contributed by atoms with van der Waals surface area (Å²) >= 11 is 0. The van der Waals surface area contributed by atoms with Crippen molar-refractivity contribution in [2.75, 3.05) is 19.9 Å². The fourth-order valence-corrected chi connectivity index (χ4v) is 1.76. The summed E-state index contributed by atoms with van der Waals surface area (Å²) in [5.41, 5.74) is 5.20. The topological polar surface area (TPSA) is 119 Å². The molecule has 0 saturated carbocycles. The first-order valence-electron chi connectivity index (χ1n) is 5.66. The molecule has 0 spiro atoms. The van der Waals surface area contributed by atoms with Crippen molar-refractivity contribution in [2.45, 2.75) is 0 Å². The van der Waals surface area contributed by atoms with Crippen LogP contribution in [0.25, 0.3) is 0 Å². The normalized spacial score (nSPS) is 12.0. The van der Waals surface area contributed by atoms with E-state index in [9.17, 15) is 14.4 Å². The number of rotatable bonds is 5. The lowest BCUT2D eigenvalue weighted by Gasteiger charge is -2.19. The second-order valence-electron chi connectivity index (χ2n) is 4.09. The molecule has 1 aliphatic rings. The summed E-state index contributed by atoms with van der Waals surface area (Å²) in [6.07, 6.45) is 0. The van der Waals surface area contributed by atoms with Gasteiger partial charge in [0.1, 0.15) is 13.1 Å². The van der Waals surface area contributed by atoms with E-state index in [1.54, 1.807) is 6.07 Å². The molecule has 2 amide bonds. The zero-order valence-corrected chi connectivity index (χ0v) is 10.4. The molecule has 3 N–H and O–H groups in total. The van der Waals surface area contributed by atoms with Crippen LogP contribution in [-0.2, 0) is 9.59 Å². The van der Waals surface area contributed by atoms with Gasteiger partial charge in [-0.05, 0) is 18.2 Å². The Hall–Kier alpha value is -2.77. The van der Waals surface area contributed by atoms with Gasteiger partial charge in [0.05, 0.1) is 0 Å². The molecule has 0 radical (unpaired) electrons. The third-order valence-corrected chi connectivity index (χ3v) is 2.58. The zero-order valence-electron chi connectivity index (χ0n) is 10.4. The molecule has 2 rings (SSSR count). The smallest absolute Gasteiger partial charge is 0.323 e. The van der Waals surface area contributed by atoms with Crippen LogP contribution >= 0.6 is 0 Å². The van der Waals surface area contributed by atoms with Crippen LogP contribution < -0.4 is 15.2 Å². The molecule has 0 saturated heterocycles. The summed E-state index contributed by atoms with van der Waals surface area (Å²) in [5.74, 6) is -1.75. The van der Waals surface area contributed by atoms with Crippen LogP contribution in [0.2, 0.25) is 0 Å². The van der Waals surface area contributed by atoms with Gasteiger partial charge >= 0.3 is 5.97 Å². The standard InChI is InChI=1S/C12H12N2O6/c13-10(15)4-14(5-11(16)17)12(18)7-1-2-8-9(3-7)20-6-19-8/h1-3H,4-6H2,(H2,13,15)(H,16,17). The SMILES string of the molecule is NC(=O)CN(CC(=O)O)C(=O)c1ccc2c(c1)OCO2. The number of hydrogen-bond acceptors (Lipinski definition) is 5. The number of fused-ring (bicyclic) bond motifs is 1. The van der Waals surface area contributed by atoms with E-state index in [0.29, 0.717) is 11.5 Å². The maximum Gasteiger partial charge on any atom is 0.323 e. The van der Waals surface area contributed by atoms with Gasteiger partial charge in [0.2, 0.25) is 12.7 Å². The number of primary amides is 1. The molecule has 0 unspecified atom stereocenters. The average Bonchev–Trinajstić information content (AvgIpc) is 2.83. The Morgan fingerprint density at radius 2 is 1.90 bits per heavy atom. The Kier molecular flexibility index (Phi) is 3.74. The van der Waals surface area contributed by atoms with E-state index < -0.39 is 30.9 Å².